The number of nitrogens with zero attached hydrogens (tertiary/aromatic N) is 1. The molecule has 0 aliphatic carbocycles. The number of rotatable bonds is 4. The molecule has 1 aromatic carbocycles. The molecule has 1 heterocycles. The molecule has 0 fully saturated rings. The number of furan rings is 1. The van der Waals surface area contributed by atoms with Crippen LogP contribution in [-0.2, 0) is 6.54 Å². The van der Waals surface area contributed by atoms with Gasteiger partial charge in [-0.3, -0.25) is 0 Å². The molecule has 0 amide bonds. The van der Waals surface area contributed by atoms with Crippen molar-refractivity contribution in [2.24, 2.45) is 0 Å². The van der Waals surface area contributed by atoms with Crippen LogP contribution in [0.5, 0.6) is 0 Å². The number of hydrogen-bond donors (Lipinski definition) is 1. The van der Waals surface area contributed by atoms with Crippen LogP contribution in [0.1, 0.15) is 11.3 Å². The first-order chi connectivity index (χ1) is 8.58. The maximum Gasteiger partial charge on any atom is 0.125 e. The van der Waals surface area contributed by atoms with Crippen molar-refractivity contribution in [2.45, 2.75) is 13.5 Å². The highest BCUT2D eigenvalue weighted by Gasteiger charge is 2.07. The summed E-state index contributed by atoms with van der Waals surface area (Å²) in [6.07, 6.45) is 1.72. The average molecular weight is 309 g/mol. The minimum Gasteiger partial charge on any atom is -0.467 e. The van der Waals surface area contributed by atoms with Gasteiger partial charge < -0.3 is 14.6 Å². The van der Waals surface area contributed by atoms with Crippen LogP contribution in [0, 0.1) is 6.92 Å². The fourth-order valence-corrected chi connectivity index (χ4v) is 2.16. The largest absolute Gasteiger partial charge is 0.467 e. The van der Waals surface area contributed by atoms with E-state index in [1.54, 1.807) is 6.26 Å². The summed E-state index contributed by atoms with van der Waals surface area (Å²) in [7, 11) is 4.07. The molecule has 1 aromatic heterocycles. The molecule has 0 saturated carbocycles. The molecular weight excluding hydrogens is 292 g/mol. The molecule has 0 saturated heterocycles. The van der Waals surface area contributed by atoms with Gasteiger partial charge >= 0.3 is 0 Å². The van der Waals surface area contributed by atoms with E-state index in [4.69, 9.17) is 4.42 Å². The number of aryl methyl sites for hydroxylation is 1. The predicted molar refractivity (Wildman–Crippen MR) is 79.2 cm³/mol. The summed E-state index contributed by atoms with van der Waals surface area (Å²) >= 11 is 3.50. The molecule has 0 bridgehead atoms. The van der Waals surface area contributed by atoms with Gasteiger partial charge in [0, 0.05) is 18.6 Å². The van der Waals surface area contributed by atoms with Crippen LogP contribution in [0.25, 0.3) is 0 Å². The van der Waals surface area contributed by atoms with Gasteiger partial charge in [-0.15, -0.1) is 0 Å². The Morgan fingerprint density at radius 2 is 2.06 bits per heavy atom. The lowest BCUT2D eigenvalue weighted by molar-refractivity contribution is 0.515. The van der Waals surface area contributed by atoms with E-state index < -0.39 is 0 Å². The first kappa shape index (κ1) is 13.0. The average Bonchev–Trinajstić information content (AvgIpc) is 2.72. The molecule has 2 aromatic rings. The molecule has 0 unspecified atom stereocenters. The Morgan fingerprint density at radius 3 is 2.67 bits per heavy atom. The van der Waals surface area contributed by atoms with Crippen LogP contribution in [0.4, 0.5) is 11.4 Å². The monoisotopic (exact) mass is 308 g/mol. The quantitative estimate of drug-likeness (QED) is 0.924. The molecule has 4 heteroatoms. The van der Waals surface area contributed by atoms with Crippen molar-refractivity contribution in [3.8, 4) is 0 Å². The Labute approximate surface area is 116 Å². The number of halogens is 1. The minimum absolute atomic E-state index is 0.691. The van der Waals surface area contributed by atoms with Crippen molar-refractivity contribution in [2.75, 3.05) is 24.3 Å². The molecule has 1 N–H and O–H groups in total. The molecule has 96 valence electrons. The predicted octanol–water partition coefficient (Wildman–Crippen LogP) is 4.03. The van der Waals surface area contributed by atoms with Crippen LogP contribution in [0.3, 0.4) is 0 Å². The van der Waals surface area contributed by atoms with Gasteiger partial charge in [-0.25, -0.2) is 0 Å². The lowest BCUT2D eigenvalue weighted by atomic mass is 10.2. The van der Waals surface area contributed by atoms with Gasteiger partial charge in [-0.2, -0.15) is 0 Å². The summed E-state index contributed by atoms with van der Waals surface area (Å²) in [6, 6.07) is 8.18. The lowest BCUT2D eigenvalue weighted by Crippen LogP contribution is -2.12. The Hall–Kier alpha value is -1.42. The fraction of sp³-hybridized carbons (Fsp3) is 0.286. The zero-order valence-corrected chi connectivity index (χ0v) is 12.4. The number of nitrogens with one attached hydrogen (secondary N) is 1. The van der Waals surface area contributed by atoms with Crippen molar-refractivity contribution in [3.05, 3.63) is 46.3 Å². The van der Waals surface area contributed by atoms with Crippen LogP contribution in [0.15, 0.2) is 39.4 Å². The highest BCUT2D eigenvalue weighted by atomic mass is 79.9. The molecule has 2 rings (SSSR count). The third-order valence-corrected chi connectivity index (χ3v) is 3.34. The molecule has 3 nitrogen and oxygen atoms in total. The van der Waals surface area contributed by atoms with Crippen LogP contribution in [0.2, 0.25) is 0 Å². The van der Waals surface area contributed by atoms with Gasteiger partial charge in [0.25, 0.3) is 0 Å². The Balaban J connectivity index is 2.18. The zero-order chi connectivity index (χ0) is 13.1. The third-order valence-electron chi connectivity index (χ3n) is 2.85. The maximum absolute atomic E-state index is 5.43. The van der Waals surface area contributed by atoms with Crippen molar-refractivity contribution in [1.82, 2.24) is 0 Å². The smallest absolute Gasteiger partial charge is 0.125 e. The summed E-state index contributed by atoms with van der Waals surface area (Å²) in [6.45, 7) is 2.74. The van der Waals surface area contributed by atoms with Gasteiger partial charge in [0.05, 0.1) is 24.2 Å². The van der Waals surface area contributed by atoms with Crippen molar-refractivity contribution in [3.63, 3.8) is 0 Å². The minimum atomic E-state index is 0.691. The Morgan fingerprint density at radius 1 is 1.28 bits per heavy atom. The van der Waals surface area contributed by atoms with E-state index in [0.29, 0.717) is 6.54 Å². The molecule has 0 spiro atoms. The number of benzene rings is 1. The molecule has 18 heavy (non-hydrogen) atoms. The SMILES string of the molecule is Cc1ccoc1CNc1cc(Br)ccc1N(C)C. The first-order valence-electron chi connectivity index (χ1n) is 5.81. The van der Waals surface area contributed by atoms with Gasteiger partial charge in [0.2, 0.25) is 0 Å². The lowest BCUT2D eigenvalue weighted by Gasteiger charge is -2.18. The maximum atomic E-state index is 5.43. The number of hydrogen-bond acceptors (Lipinski definition) is 3. The molecule has 0 atom stereocenters. The summed E-state index contributed by atoms with van der Waals surface area (Å²) in [5, 5.41) is 3.41. The normalized spacial score (nSPS) is 10.4. The fourth-order valence-electron chi connectivity index (χ4n) is 1.80. The van der Waals surface area contributed by atoms with E-state index in [1.807, 2.05) is 33.2 Å². The highest BCUT2D eigenvalue weighted by Crippen LogP contribution is 2.28. The van der Waals surface area contributed by atoms with E-state index >= 15 is 0 Å². The number of anilines is 2. The van der Waals surface area contributed by atoms with Crippen LogP contribution in [-0.4, -0.2) is 14.1 Å². The van der Waals surface area contributed by atoms with Gasteiger partial charge in [0.15, 0.2) is 0 Å². The van der Waals surface area contributed by atoms with Gasteiger partial charge in [-0.05, 0) is 36.8 Å². The van der Waals surface area contributed by atoms with E-state index in [-0.39, 0.29) is 0 Å². The van der Waals surface area contributed by atoms with Crippen LogP contribution >= 0.6 is 15.9 Å². The third kappa shape index (κ3) is 2.88. The summed E-state index contributed by atoms with van der Waals surface area (Å²) in [5.41, 5.74) is 3.41. The molecular formula is C14H17BrN2O. The summed E-state index contributed by atoms with van der Waals surface area (Å²) in [5.74, 6) is 0.972. The van der Waals surface area contributed by atoms with Gasteiger partial charge in [-0.1, -0.05) is 15.9 Å². The molecule has 0 radical (unpaired) electrons. The second-order valence-electron chi connectivity index (χ2n) is 4.44. The second kappa shape index (κ2) is 5.48. The summed E-state index contributed by atoms with van der Waals surface area (Å²) < 4.78 is 6.49. The van der Waals surface area contributed by atoms with E-state index in [1.165, 1.54) is 5.56 Å². The molecule has 0 aliphatic heterocycles. The van der Waals surface area contributed by atoms with Crippen molar-refractivity contribution >= 4 is 27.3 Å². The molecule has 0 aliphatic rings. The van der Waals surface area contributed by atoms with E-state index in [2.05, 4.69) is 38.3 Å². The van der Waals surface area contributed by atoms with Crippen LogP contribution < -0.4 is 10.2 Å². The van der Waals surface area contributed by atoms with Crippen molar-refractivity contribution < 1.29 is 4.42 Å². The second-order valence-corrected chi connectivity index (χ2v) is 5.35. The van der Waals surface area contributed by atoms with Gasteiger partial charge in [0.1, 0.15) is 5.76 Å². The van der Waals surface area contributed by atoms with E-state index in [0.717, 1.165) is 21.6 Å². The van der Waals surface area contributed by atoms with Crippen molar-refractivity contribution in [1.29, 1.82) is 0 Å². The highest BCUT2D eigenvalue weighted by molar-refractivity contribution is 9.10. The first-order valence-corrected chi connectivity index (χ1v) is 6.61. The Bertz CT molecular complexity index is 534. The topological polar surface area (TPSA) is 28.4 Å². The summed E-state index contributed by atoms with van der Waals surface area (Å²) in [4.78, 5) is 2.09. The standard InChI is InChI=1S/C14H17BrN2O/c1-10-6-7-18-14(10)9-16-12-8-11(15)4-5-13(12)17(2)3/h4-8,16H,9H2,1-3H3. The van der Waals surface area contributed by atoms with E-state index in [9.17, 15) is 0 Å². The zero-order valence-electron chi connectivity index (χ0n) is 10.8. The Kier molecular flexibility index (Phi) is 3.97.